The monoisotopic (exact) mass is 539 g/mol. The number of likely N-dealkylation sites (tertiary alicyclic amines) is 1. The molecule has 0 aliphatic carbocycles. The lowest BCUT2D eigenvalue weighted by atomic mass is 9.85. The number of fused-ring (bicyclic) bond motifs is 1. The van der Waals surface area contributed by atoms with E-state index in [0.717, 1.165) is 17.8 Å². The lowest BCUT2D eigenvalue weighted by molar-refractivity contribution is -0.0867. The van der Waals surface area contributed by atoms with E-state index in [1.807, 2.05) is 11.8 Å². The minimum Gasteiger partial charge on any atom is -0.492 e. The quantitative estimate of drug-likeness (QED) is 0.310. The van der Waals surface area contributed by atoms with Gasteiger partial charge in [-0.1, -0.05) is 24.8 Å². The van der Waals surface area contributed by atoms with Gasteiger partial charge in [-0.15, -0.1) is 0 Å². The van der Waals surface area contributed by atoms with Gasteiger partial charge in [0.05, 0.1) is 19.3 Å². The van der Waals surface area contributed by atoms with Crippen LogP contribution in [0.3, 0.4) is 0 Å². The average molecular weight is 540 g/mol. The maximum absolute atomic E-state index is 15.7. The Balaban J connectivity index is 1.70. The molecule has 2 N–H and O–H groups in total. The number of rotatable bonds is 11. The third-order valence-corrected chi connectivity index (χ3v) is 7.33. The molecular formula is C28H34F5N3O2. The predicted octanol–water partition coefficient (Wildman–Crippen LogP) is 5.04. The number of alkyl halides is 3. The van der Waals surface area contributed by atoms with Gasteiger partial charge in [-0.2, -0.15) is 0 Å². The summed E-state index contributed by atoms with van der Waals surface area (Å²) in [6.45, 7) is 6.48. The van der Waals surface area contributed by atoms with E-state index in [1.54, 1.807) is 25.2 Å². The molecule has 4 rings (SSSR count). The van der Waals surface area contributed by atoms with Gasteiger partial charge < -0.3 is 14.8 Å². The standard InChI is InChI=1S/C28H34F5N3O2/c1-4-5-6-21-18(3)34-24-9-17(2)36(15-28(32,33)16-37)27(25(21)24)26-22(30)10-20(11-23(26)31)38-8-7-35-13-19(12-29)14-35/h4-6,10-11,17,19,27,34,37H,1,7-9,12-16H2,2-3H3/b6-5-/t17-,27+/m0/s1. The van der Waals surface area contributed by atoms with Gasteiger partial charge in [0, 0.05) is 78.2 Å². The average Bonchev–Trinajstić information content (AvgIpc) is 3.14. The number of nitrogens with one attached hydrogen (secondary N) is 1. The van der Waals surface area contributed by atoms with E-state index in [-0.39, 0.29) is 30.5 Å². The summed E-state index contributed by atoms with van der Waals surface area (Å²) >= 11 is 0. The third kappa shape index (κ3) is 5.82. The largest absolute Gasteiger partial charge is 0.492 e. The summed E-state index contributed by atoms with van der Waals surface area (Å²) in [6.07, 6.45) is 5.33. The molecule has 2 aliphatic rings. The van der Waals surface area contributed by atoms with Crippen molar-refractivity contribution in [1.29, 1.82) is 0 Å². The van der Waals surface area contributed by atoms with Gasteiger partial charge in [0.25, 0.3) is 5.92 Å². The number of aliphatic hydroxyl groups excluding tert-OH is 1. The Labute approximate surface area is 219 Å². The molecule has 208 valence electrons. The first-order valence-electron chi connectivity index (χ1n) is 12.7. The van der Waals surface area contributed by atoms with Gasteiger partial charge in [0.2, 0.25) is 0 Å². The lowest BCUT2D eigenvalue weighted by Gasteiger charge is -2.42. The number of hydrogen-bond donors (Lipinski definition) is 2. The molecule has 1 saturated heterocycles. The minimum absolute atomic E-state index is 0.0142. The number of aromatic amines is 1. The number of H-pyrrole nitrogens is 1. The van der Waals surface area contributed by atoms with Crippen LogP contribution in [0.15, 0.2) is 30.9 Å². The first-order chi connectivity index (χ1) is 18.1. The fraction of sp³-hybridized carbons (Fsp3) is 0.500. The van der Waals surface area contributed by atoms with Gasteiger partial charge in [-0.25, -0.2) is 17.6 Å². The van der Waals surface area contributed by atoms with Crippen molar-refractivity contribution < 1.29 is 31.8 Å². The van der Waals surface area contributed by atoms with E-state index in [2.05, 4.69) is 11.6 Å². The highest BCUT2D eigenvalue weighted by atomic mass is 19.3. The van der Waals surface area contributed by atoms with Crippen molar-refractivity contribution in [2.45, 2.75) is 38.3 Å². The molecule has 0 bridgehead atoms. The second kappa shape index (κ2) is 11.6. The fourth-order valence-corrected chi connectivity index (χ4v) is 5.44. The molecule has 2 aliphatic heterocycles. The Morgan fingerprint density at radius 3 is 2.50 bits per heavy atom. The van der Waals surface area contributed by atoms with Crippen LogP contribution < -0.4 is 4.74 Å². The molecule has 38 heavy (non-hydrogen) atoms. The number of halogens is 5. The summed E-state index contributed by atoms with van der Waals surface area (Å²) in [6, 6.07) is 0.463. The van der Waals surface area contributed by atoms with E-state index < -0.39 is 42.8 Å². The molecular weight excluding hydrogens is 505 g/mol. The zero-order valence-electron chi connectivity index (χ0n) is 21.6. The number of aromatic nitrogens is 1. The van der Waals surface area contributed by atoms with Gasteiger partial charge in [0.15, 0.2) is 0 Å². The predicted molar refractivity (Wildman–Crippen MR) is 136 cm³/mol. The molecule has 0 amide bonds. The number of aryl methyl sites for hydroxylation is 1. The van der Waals surface area contributed by atoms with E-state index in [9.17, 15) is 18.3 Å². The van der Waals surface area contributed by atoms with E-state index >= 15 is 8.78 Å². The van der Waals surface area contributed by atoms with Crippen molar-refractivity contribution in [2.24, 2.45) is 5.92 Å². The molecule has 10 heteroatoms. The van der Waals surface area contributed by atoms with Crippen LogP contribution in [0.25, 0.3) is 6.08 Å². The first-order valence-corrected chi connectivity index (χ1v) is 12.7. The van der Waals surface area contributed by atoms with Crippen LogP contribution in [-0.2, 0) is 6.42 Å². The Bertz CT molecular complexity index is 1150. The zero-order chi connectivity index (χ0) is 27.6. The maximum Gasteiger partial charge on any atom is 0.283 e. The summed E-state index contributed by atoms with van der Waals surface area (Å²) < 4.78 is 78.5. The second-order valence-electron chi connectivity index (χ2n) is 10.2. The van der Waals surface area contributed by atoms with Crippen LogP contribution >= 0.6 is 0 Å². The third-order valence-electron chi connectivity index (χ3n) is 7.33. The summed E-state index contributed by atoms with van der Waals surface area (Å²) in [4.78, 5) is 6.60. The first kappa shape index (κ1) is 28.3. The van der Waals surface area contributed by atoms with Crippen LogP contribution in [0.2, 0.25) is 0 Å². The number of nitrogens with zero attached hydrogens (tertiary/aromatic N) is 2. The minimum atomic E-state index is -3.47. The summed E-state index contributed by atoms with van der Waals surface area (Å²) in [5.74, 6) is -5.29. The number of ether oxygens (including phenoxy) is 1. The molecule has 0 saturated carbocycles. The van der Waals surface area contributed by atoms with Crippen molar-refractivity contribution in [3.8, 4) is 5.75 Å². The molecule has 2 aromatic rings. The number of allylic oxidation sites excluding steroid dienone is 2. The maximum atomic E-state index is 15.7. The fourth-order valence-electron chi connectivity index (χ4n) is 5.44. The Morgan fingerprint density at radius 2 is 1.89 bits per heavy atom. The molecule has 1 aromatic carbocycles. The molecule has 1 fully saturated rings. The Hall–Kier alpha value is -2.69. The highest BCUT2D eigenvalue weighted by Crippen LogP contribution is 2.44. The van der Waals surface area contributed by atoms with Crippen molar-refractivity contribution >= 4 is 6.08 Å². The molecule has 1 aromatic heterocycles. The molecule has 0 radical (unpaired) electrons. The highest BCUT2D eigenvalue weighted by Gasteiger charge is 2.44. The molecule has 0 unspecified atom stereocenters. The van der Waals surface area contributed by atoms with Gasteiger partial charge in [-0.05, 0) is 13.8 Å². The van der Waals surface area contributed by atoms with Gasteiger partial charge in [-0.3, -0.25) is 14.2 Å². The van der Waals surface area contributed by atoms with E-state index in [1.165, 1.54) is 4.90 Å². The SMILES string of the molecule is C=C/C=C\c1c(C)[nH]c2c1[C@H](c1c(F)cc(OCCN3CC(CF)C3)cc1F)N(CC(F)(F)CO)[C@@H](C)C2. The molecule has 0 spiro atoms. The van der Waals surface area contributed by atoms with Gasteiger partial charge >= 0.3 is 0 Å². The zero-order valence-corrected chi connectivity index (χ0v) is 21.6. The number of benzene rings is 1. The number of aliphatic hydroxyl groups is 1. The summed E-state index contributed by atoms with van der Waals surface area (Å²) in [5.41, 5.74) is 2.25. The van der Waals surface area contributed by atoms with Crippen molar-refractivity contribution in [1.82, 2.24) is 14.8 Å². The molecule has 3 heterocycles. The van der Waals surface area contributed by atoms with Crippen molar-refractivity contribution in [3.63, 3.8) is 0 Å². The van der Waals surface area contributed by atoms with E-state index in [0.29, 0.717) is 42.9 Å². The van der Waals surface area contributed by atoms with Crippen LogP contribution in [0.4, 0.5) is 22.0 Å². The number of hydrogen-bond acceptors (Lipinski definition) is 4. The Kier molecular flexibility index (Phi) is 8.64. The normalized spacial score (nSPS) is 21.1. The molecule has 5 nitrogen and oxygen atoms in total. The van der Waals surface area contributed by atoms with Crippen LogP contribution in [0.1, 0.15) is 41.0 Å². The molecule has 2 atom stereocenters. The Morgan fingerprint density at radius 1 is 1.21 bits per heavy atom. The van der Waals surface area contributed by atoms with Crippen molar-refractivity contribution in [2.75, 3.05) is 46.1 Å². The van der Waals surface area contributed by atoms with Crippen molar-refractivity contribution in [3.05, 3.63) is 70.6 Å². The summed E-state index contributed by atoms with van der Waals surface area (Å²) in [5, 5.41) is 9.26. The van der Waals surface area contributed by atoms with Gasteiger partial charge in [0.1, 0.15) is 30.6 Å². The van der Waals surface area contributed by atoms with Crippen LogP contribution in [0, 0.1) is 24.5 Å². The lowest BCUT2D eigenvalue weighted by Crippen LogP contribution is -2.49. The summed E-state index contributed by atoms with van der Waals surface area (Å²) in [7, 11) is 0. The smallest absolute Gasteiger partial charge is 0.283 e. The highest BCUT2D eigenvalue weighted by molar-refractivity contribution is 5.63. The topological polar surface area (TPSA) is 51.7 Å². The van der Waals surface area contributed by atoms with Crippen LogP contribution in [0.5, 0.6) is 5.75 Å². The second-order valence-corrected chi connectivity index (χ2v) is 10.2. The van der Waals surface area contributed by atoms with Crippen LogP contribution in [-0.4, -0.2) is 77.9 Å². The van der Waals surface area contributed by atoms with E-state index in [4.69, 9.17) is 4.74 Å².